The first-order chi connectivity index (χ1) is 9.20. The molecular formula is C15H16FNO2. The van der Waals surface area contributed by atoms with E-state index in [-0.39, 0.29) is 17.1 Å². The van der Waals surface area contributed by atoms with Crippen LogP contribution in [-0.2, 0) is 0 Å². The number of carbonyl (C=O) groups excluding carboxylic acids is 1. The number of ketones is 1. The Morgan fingerprint density at radius 2 is 2.16 bits per heavy atom. The lowest BCUT2D eigenvalue weighted by Crippen LogP contribution is -2.12. The van der Waals surface area contributed by atoms with Crippen molar-refractivity contribution in [3.63, 3.8) is 0 Å². The molecule has 1 aromatic rings. The zero-order chi connectivity index (χ0) is 13.7. The SMILES string of the molecule is CCOc1ccc(C(=O)C#CN2CCCC2)cc1F. The Kier molecular flexibility index (Phi) is 4.40. The molecule has 0 aromatic heterocycles. The molecule has 0 saturated carbocycles. The van der Waals surface area contributed by atoms with Crippen LogP contribution in [0.3, 0.4) is 0 Å². The fraction of sp³-hybridized carbons (Fsp3) is 0.400. The summed E-state index contributed by atoms with van der Waals surface area (Å²) in [6, 6.07) is 6.99. The van der Waals surface area contributed by atoms with Gasteiger partial charge in [-0.2, -0.15) is 0 Å². The third-order valence-electron chi connectivity index (χ3n) is 2.93. The van der Waals surface area contributed by atoms with E-state index in [4.69, 9.17) is 4.74 Å². The van der Waals surface area contributed by atoms with Crippen molar-refractivity contribution in [2.75, 3.05) is 19.7 Å². The number of nitrogens with zero attached hydrogens (tertiary/aromatic N) is 1. The van der Waals surface area contributed by atoms with Crippen molar-refractivity contribution in [1.29, 1.82) is 0 Å². The average Bonchev–Trinajstić information content (AvgIpc) is 2.91. The van der Waals surface area contributed by atoms with Gasteiger partial charge in [-0.15, -0.1) is 0 Å². The molecule has 19 heavy (non-hydrogen) atoms. The van der Waals surface area contributed by atoms with Crippen LogP contribution in [0.4, 0.5) is 4.39 Å². The van der Waals surface area contributed by atoms with Gasteiger partial charge in [0.25, 0.3) is 0 Å². The minimum atomic E-state index is -0.532. The van der Waals surface area contributed by atoms with E-state index in [9.17, 15) is 9.18 Å². The second kappa shape index (κ2) is 6.24. The molecule has 1 fully saturated rings. The average molecular weight is 261 g/mol. The van der Waals surface area contributed by atoms with Gasteiger partial charge in [-0.3, -0.25) is 4.79 Å². The monoisotopic (exact) mass is 261 g/mol. The van der Waals surface area contributed by atoms with Crippen molar-refractivity contribution in [2.45, 2.75) is 19.8 Å². The summed E-state index contributed by atoms with van der Waals surface area (Å²) in [6.07, 6.45) is 2.22. The molecular weight excluding hydrogens is 245 g/mol. The smallest absolute Gasteiger partial charge is 0.237 e. The molecule has 0 radical (unpaired) electrons. The van der Waals surface area contributed by atoms with Gasteiger partial charge in [0.15, 0.2) is 11.6 Å². The van der Waals surface area contributed by atoms with E-state index in [1.807, 2.05) is 4.90 Å². The number of Topliss-reactive ketones (excluding diaryl/α,β-unsaturated/α-hetero) is 1. The first-order valence-electron chi connectivity index (χ1n) is 6.44. The van der Waals surface area contributed by atoms with E-state index in [0.717, 1.165) is 25.9 Å². The topological polar surface area (TPSA) is 29.5 Å². The minimum absolute atomic E-state index is 0.159. The third-order valence-corrected chi connectivity index (χ3v) is 2.93. The minimum Gasteiger partial charge on any atom is -0.491 e. The molecule has 0 atom stereocenters. The Hall–Kier alpha value is -2.02. The van der Waals surface area contributed by atoms with Gasteiger partial charge in [0.05, 0.1) is 6.61 Å². The first-order valence-corrected chi connectivity index (χ1v) is 6.44. The van der Waals surface area contributed by atoms with Crippen molar-refractivity contribution < 1.29 is 13.9 Å². The Bertz CT molecular complexity index is 525. The predicted molar refractivity (Wildman–Crippen MR) is 70.5 cm³/mol. The zero-order valence-corrected chi connectivity index (χ0v) is 10.9. The molecule has 100 valence electrons. The molecule has 3 nitrogen and oxygen atoms in total. The Balaban J connectivity index is 2.08. The number of hydrogen-bond donors (Lipinski definition) is 0. The van der Waals surface area contributed by atoms with Gasteiger partial charge in [-0.1, -0.05) is 0 Å². The van der Waals surface area contributed by atoms with Gasteiger partial charge in [-0.05, 0) is 43.9 Å². The molecule has 1 aliphatic heterocycles. The fourth-order valence-electron chi connectivity index (χ4n) is 1.95. The molecule has 1 heterocycles. The van der Waals surface area contributed by atoms with Crippen LogP contribution >= 0.6 is 0 Å². The van der Waals surface area contributed by atoms with Crippen molar-refractivity contribution in [3.05, 3.63) is 29.6 Å². The summed E-state index contributed by atoms with van der Waals surface area (Å²) < 4.78 is 18.7. The van der Waals surface area contributed by atoms with Gasteiger partial charge in [-0.25, -0.2) is 4.39 Å². The number of likely N-dealkylation sites (tertiary alicyclic amines) is 1. The highest BCUT2D eigenvalue weighted by atomic mass is 19.1. The summed E-state index contributed by atoms with van der Waals surface area (Å²) >= 11 is 0. The Morgan fingerprint density at radius 1 is 1.42 bits per heavy atom. The highest BCUT2D eigenvalue weighted by Gasteiger charge is 2.10. The lowest BCUT2D eigenvalue weighted by Gasteiger charge is -2.06. The quantitative estimate of drug-likeness (QED) is 0.618. The Morgan fingerprint density at radius 3 is 2.79 bits per heavy atom. The summed E-state index contributed by atoms with van der Waals surface area (Å²) in [5, 5.41) is 0. The summed E-state index contributed by atoms with van der Waals surface area (Å²) in [6.45, 7) is 3.97. The predicted octanol–water partition coefficient (Wildman–Crippen LogP) is 2.46. The van der Waals surface area contributed by atoms with Crippen LogP contribution in [0.2, 0.25) is 0 Å². The van der Waals surface area contributed by atoms with Crippen LogP contribution in [0, 0.1) is 17.8 Å². The molecule has 0 spiro atoms. The highest BCUT2D eigenvalue weighted by molar-refractivity contribution is 6.09. The number of halogens is 1. The van der Waals surface area contributed by atoms with Crippen LogP contribution in [0.1, 0.15) is 30.1 Å². The number of benzene rings is 1. The lowest BCUT2D eigenvalue weighted by molar-refractivity contribution is 0.105. The maximum atomic E-state index is 13.6. The van der Waals surface area contributed by atoms with Gasteiger partial charge < -0.3 is 9.64 Å². The summed E-state index contributed by atoms with van der Waals surface area (Å²) in [7, 11) is 0. The lowest BCUT2D eigenvalue weighted by atomic mass is 10.1. The van der Waals surface area contributed by atoms with Gasteiger partial charge in [0, 0.05) is 24.7 Å². The second-order valence-electron chi connectivity index (χ2n) is 4.34. The van der Waals surface area contributed by atoms with E-state index in [2.05, 4.69) is 12.0 Å². The third kappa shape index (κ3) is 3.47. The van der Waals surface area contributed by atoms with Crippen LogP contribution in [-0.4, -0.2) is 30.4 Å². The number of rotatable bonds is 3. The van der Waals surface area contributed by atoms with Gasteiger partial charge >= 0.3 is 0 Å². The second-order valence-corrected chi connectivity index (χ2v) is 4.34. The van der Waals surface area contributed by atoms with Crippen molar-refractivity contribution >= 4 is 5.78 Å². The molecule has 0 aliphatic carbocycles. The van der Waals surface area contributed by atoms with Crippen LogP contribution in [0.15, 0.2) is 18.2 Å². The van der Waals surface area contributed by atoms with E-state index in [1.165, 1.54) is 18.2 Å². The maximum absolute atomic E-state index is 13.6. The van der Waals surface area contributed by atoms with Crippen LogP contribution in [0.25, 0.3) is 0 Å². The van der Waals surface area contributed by atoms with Gasteiger partial charge in [0.1, 0.15) is 0 Å². The normalized spacial score (nSPS) is 13.9. The van der Waals surface area contributed by atoms with Crippen LogP contribution < -0.4 is 4.74 Å². The zero-order valence-electron chi connectivity index (χ0n) is 10.9. The van der Waals surface area contributed by atoms with Crippen molar-refractivity contribution in [2.24, 2.45) is 0 Å². The molecule has 0 unspecified atom stereocenters. The molecule has 1 aliphatic rings. The maximum Gasteiger partial charge on any atom is 0.237 e. The van der Waals surface area contributed by atoms with E-state index < -0.39 is 5.82 Å². The first kappa shape index (κ1) is 13.4. The molecule has 1 aromatic carbocycles. The molecule has 0 N–H and O–H groups in total. The Labute approximate surface area is 112 Å². The summed E-state index contributed by atoms with van der Waals surface area (Å²) in [5.41, 5.74) is 0.257. The van der Waals surface area contributed by atoms with E-state index >= 15 is 0 Å². The number of carbonyl (C=O) groups is 1. The van der Waals surface area contributed by atoms with E-state index in [1.54, 1.807) is 6.92 Å². The molecule has 4 heteroatoms. The highest BCUT2D eigenvalue weighted by Crippen LogP contribution is 2.18. The standard InChI is InChI=1S/C15H16FNO2/c1-2-19-15-6-5-12(11-13(15)16)14(18)7-10-17-8-3-4-9-17/h5-6,11H,2-4,8-9H2,1H3. The molecule has 0 bridgehead atoms. The van der Waals surface area contributed by atoms with Crippen molar-refractivity contribution in [1.82, 2.24) is 4.90 Å². The van der Waals surface area contributed by atoms with Crippen molar-refractivity contribution in [3.8, 4) is 17.7 Å². The van der Waals surface area contributed by atoms with E-state index in [0.29, 0.717) is 6.61 Å². The van der Waals surface area contributed by atoms with Crippen LogP contribution in [0.5, 0.6) is 5.75 Å². The largest absolute Gasteiger partial charge is 0.491 e. The number of hydrogen-bond acceptors (Lipinski definition) is 3. The molecule has 1 saturated heterocycles. The summed E-state index contributed by atoms with van der Waals surface area (Å²) in [4.78, 5) is 13.7. The fourth-order valence-corrected chi connectivity index (χ4v) is 1.95. The molecule has 0 amide bonds. The molecule has 2 rings (SSSR count). The number of ether oxygens (including phenoxy) is 1. The summed E-state index contributed by atoms with van der Waals surface area (Å²) in [5.74, 6) is 1.81. The van der Waals surface area contributed by atoms with Gasteiger partial charge in [0.2, 0.25) is 5.78 Å².